The molecule has 0 radical (unpaired) electrons. The van der Waals surface area contributed by atoms with E-state index in [9.17, 15) is 9.18 Å². The molecule has 1 aromatic rings. The summed E-state index contributed by atoms with van der Waals surface area (Å²) in [6.45, 7) is 2.20. The molecule has 3 nitrogen and oxygen atoms in total. The maximum atomic E-state index is 13.6. The molecule has 0 aliphatic carbocycles. The van der Waals surface area contributed by atoms with Gasteiger partial charge in [0.1, 0.15) is 5.82 Å². The third kappa shape index (κ3) is 2.85. The summed E-state index contributed by atoms with van der Waals surface area (Å²) in [5, 5.41) is 0. The van der Waals surface area contributed by atoms with Crippen molar-refractivity contribution in [2.24, 2.45) is 0 Å². The number of halogens is 1. The number of fused-ring (bicyclic) bond motifs is 2. The maximum Gasteiger partial charge on any atom is 0.410 e. The molecule has 1 aromatic carbocycles. The standard InChI is InChI=1S/C18H18FNO2/c1-2-22-18(21)20-15-9-10-16(20)12-13(11-15)7-8-14-5-3-4-6-17(14)19/h3-6,11,15-16H,2,9-10,12H2,1H3/t15-,16+/m0/s1. The number of benzene rings is 1. The second-order valence-corrected chi connectivity index (χ2v) is 5.53. The van der Waals surface area contributed by atoms with Crippen molar-refractivity contribution in [2.75, 3.05) is 6.61 Å². The van der Waals surface area contributed by atoms with Crippen molar-refractivity contribution in [1.82, 2.24) is 4.90 Å². The number of ether oxygens (including phenoxy) is 1. The molecule has 0 N–H and O–H groups in total. The topological polar surface area (TPSA) is 29.5 Å². The van der Waals surface area contributed by atoms with Gasteiger partial charge in [-0.1, -0.05) is 30.0 Å². The molecule has 0 spiro atoms. The zero-order valence-electron chi connectivity index (χ0n) is 12.5. The van der Waals surface area contributed by atoms with E-state index in [0.29, 0.717) is 12.2 Å². The van der Waals surface area contributed by atoms with Crippen LogP contribution in [-0.4, -0.2) is 29.7 Å². The predicted molar refractivity (Wildman–Crippen MR) is 81.6 cm³/mol. The van der Waals surface area contributed by atoms with Crippen LogP contribution in [0.3, 0.4) is 0 Å². The van der Waals surface area contributed by atoms with E-state index < -0.39 is 0 Å². The average molecular weight is 299 g/mol. The summed E-state index contributed by atoms with van der Waals surface area (Å²) in [6.07, 6.45) is 4.40. The lowest BCUT2D eigenvalue weighted by atomic mass is 10.0. The maximum absolute atomic E-state index is 13.6. The van der Waals surface area contributed by atoms with Crippen LogP contribution in [0.15, 0.2) is 35.9 Å². The summed E-state index contributed by atoms with van der Waals surface area (Å²) in [6, 6.07) is 6.71. The fourth-order valence-corrected chi connectivity index (χ4v) is 3.12. The molecular weight excluding hydrogens is 281 g/mol. The molecule has 3 rings (SSSR count). The van der Waals surface area contributed by atoms with Crippen LogP contribution < -0.4 is 0 Å². The number of nitrogens with zero attached hydrogens (tertiary/aromatic N) is 1. The van der Waals surface area contributed by atoms with E-state index in [4.69, 9.17) is 4.74 Å². The van der Waals surface area contributed by atoms with Crippen LogP contribution in [0.4, 0.5) is 9.18 Å². The van der Waals surface area contributed by atoms with Gasteiger partial charge in [-0.05, 0) is 31.9 Å². The second-order valence-electron chi connectivity index (χ2n) is 5.53. The Bertz CT molecular complexity index is 671. The zero-order chi connectivity index (χ0) is 15.5. The van der Waals surface area contributed by atoms with Gasteiger partial charge in [0.05, 0.1) is 18.2 Å². The minimum atomic E-state index is -0.303. The molecule has 4 heteroatoms. The van der Waals surface area contributed by atoms with Gasteiger partial charge in [-0.2, -0.15) is 0 Å². The van der Waals surface area contributed by atoms with Gasteiger partial charge >= 0.3 is 6.09 Å². The van der Waals surface area contributed by atoms with E-state index in [1.54, 1.807) is 18.2 Å². The highest BCUT2D eigenvalue weighted by Crippen LogP contribution is 2.35. The van der Waals surface area contributed by atoms with Crippen LogP contribution in [0.25, 0.3) is 0 Å². The highest BCUT2D eigenvalue weighted by molar-refractivity contribution is 5.70. The van der Waals surface area contributed by atoms with E-state index in [1.165, 1.54) is 6.07 Å². The normalized spacial score (nSPS) is 22.6. The molecule has 1 amide bonds. The Balaban J connectivity index is 1.78. The van der Waals surface area contributed by atoms with E-state index in [1.807, 2.05) is 17.9 Å². The Morgan fingerprint density at radius 3 is 2.91 bits per heavy atom. The largest absolute Gasteiger partial charge is 0.450 e. The predicted octanol–water partition coefficient (Wildman–Crippen LogP) is 3.50. The number of rotatable bonds is 1. The second kappa shape index (κ2) is 6.23. The molecular formula is C18H18FNO2. The van der Waals surface area contributed by atoms with Crippen molar-refractivity contribution in [2.45, 2.75) is 38.3 Å². The van der Waals surface area contributed by atoms with Gasteiger partial charge in [-0.15, -0.1) is 0 Å². The molecule has 2 aliphatic rings. The Morgan fingerprint density at radius 1 is 1.36 bits per heavy atom. The van der Waals surface area contributed by atoms with Gasteiger partial charge in [-0.3, -0.25) is 4.90 Å². The fourth-order valence-electron chi connectivity index (χ4n) is 3.12. The van der Waals surface area contributed by atoms with E-state index >= 15 is 0 Å². The van der Waals surface area contributed by atoms with Gasteiger partial charge in [-0.25, -0.2) is 9.18 Å². The highest BCUT2D eigenvalue weighted by atomic mass is 19.1. The SMILES string of the molecule is CCOC(=O)N1[C@@H]2CC[C@H]1C=C(C#Cc1ccccc1F)C2. The van der Waals surface area contributed by atoms with E-state index in [2.05, 4.69) is 11.8 Å². The molecule has 114 valence electrons. The van der Waals surface area contributed by atoms with Crippen molar-refractivity contribution in [3.05, 3.63) is 47.3 Å². The smallest absolute Gasteiger partial charge is 0.410 e. The van der Waals surface area contributed by atoms with E-state index in [0.717, 1.165) is 24.8 Å². The fraction of sp³-hybridized carbons (Fsp3) is 0.389. The van der Waals surface area contributed by atoms with Crippen LogP contribution in [0.2, 0.25) is 0 Å². The van der Waals surface area contributed by atoms with Crippen LogP contribution in [0.5, 0.6) is 0 Å². The van der Waals surface area contributed by atoms with Crippen molar-refractivity contribution in [3.63, 3.8) is 0 Å². The molecule has 2 heterocycles. The van der Waals surface area contributed by atoms with E-state index in [-0.39, 0.29) is 24.0 Å². The van der Waals surface area contributed by atoms with Gasteiger partial charge in [0.2, 0.25) is 0 Å². The van der Waals surface area contributed by atoms with Crippen LogP contribution in [0.1, 0.15) is 31.7 Å². The van der Waals surface area contributed by atoms with Crippen LogP contribution in [-0.2, 0) is 4.74 Å². The number of carbonyl (C=O) groups excluding carboxylic acids is 1. The van der Waals surface area contributed by atoms with Gasteiger partial charge in [0, 0.05) is 18.0 Å². The van der Waals surface area contributed by atoms with Crippen molar-refractivity contribution >= 4 is 6.09 Å². The Labute approximate surface area is 129 Å². The van der Waals surface area contributed by atoms with Crippen molar-refractivity contribution in [1.29, 1.82) is 0 Å². The lowest BCUT2D eigenvalue weighted by Crippen LogP contribution is -2.43. The lowest BCUT2D eigenvalue weighted by molar-refractivity contribution is 0.0920. The first-order valence-electron chi connectivity index (χ1n) is 7.61. The monoisotopic (exact) mass is 299 g/mol. The summed E-state index contributed by atoms with van der Waals surface area (Å²) in [5.41, 5.74) is 1.39. The molecule has 22 heavy (non-hydrogen) atoms. The van der Waals surface area contributed by atoms with Gasteiger partial charge < -0.3 is 4.74 Å². The summed E-state index contributed by atoms with van der Waals surface area (Å²) < 4.78 is 18.7. The van der Waals surface area contributed by atoms with Crippen molar-refractivity contribution in [3.8, 4) is 11.8 Å². The number of amides is 1. The zero-order valence-corrected chi connectivity index (χ0v) is 12.5. The highest BCUT2D eigenvalue weighted by Gasteiger charge is 2.40. The lowest BCUT2D eigenvalue weighted by Gasteiger charge is -2.31. The Morgan fingerprint density at radius 2 is 2.18 bits per heavy atom. The quantitative estimate of drug-likeness (QED) is 0.743. The first-order valence-corrected chi connectivity index (χ1v) is 7.61. The number of hydrogen-bond donors (Lipinski definition) is 0. The third-order valence-electron chi connectivity index (χ3n) is 4.11. The Kier molecular flexibility index (Phi) is 4.15. The number of hydrogen-bond acceptors (Lipinski definition) is 2. The Hall–Kier alpha value is -2.28. The van der Waals surface area contributed by atoms with Gasteiger partial charge in [0.15, 0.2) is 0 Å². The molecule has 0 aromatic heterocycles. The minimum absolute atomic E-state index is 0.0581. The molecule has 0 saturated carbocycles. The first-order chi connectivity index (χ1) is 10.7. The summed E-state index contributed by atoms with van der Waals surface area (Å²) in [4.78, 5) is 13.8. The average Bonchev–Trinajstić information content (AvgIpc) is 2.78. The molecule has 2 aliphatic heterocycles. The van der Waals surface area contributed by atoms with Gasteiger partial charge in [0.25, 0.3) is 0 Å². The summed E-state index contributed by atoms with van der Waals surface area (Å²) in [7, 11) is 0. The van der Waals surface area contributed by atoms with Crippen LogP contribution >= 0.6 is 0 Å². The molecule has 2 bridgehead atoms. The first kappa shape index (κ1) is 14.6. The molecule has 0 unspecified atom stereocenters. The summed E-state index contributed by atoms with van der Waals surface area (Å²) in [5.74, 6) is 5.65. The molecule has 1 fully saturated rings. The van der Waals surface area contributed by atoms with Crippen molar-refractivity contribution < 1.29 is 13.9 Å². The third-order valence-corrected chi connectivity index (χ3v) is 4.11. The minimum Gasteiger partial charge on any atom is -0.450 e. The number of carbonyl (C=O) groups is 1. The summed E-state index contributed by atoms with van der Waals surface area (Å²) >= 11 is 0. The molecule has 2 atom stereocenters. The van der Waals surface area contributed by atoms with Crippen LogP contribution in [0, 0.1) is 17.7 Å². The molecule has 1 saturated heterocycles.